The van der Waals surface area contributed by atoms with E-state index in [4.69, 9.17) is 14.2 Å². The van der Waals surface area contributed by atoms with Crippen LogP contribution in [0, 0.1) is 0 Å². The fourth-order valence-electron chi connectivity index (χ4n) is 1.42. The molecule has 0 atom stereocenters. The number of amides is 2. The Labute approximate surface area is 101 Å². The smallest absolute Gasteiger partial charge is 0.217 e. The molecule has 0 saturated carbocycles. The highest BCUT2D eigenvalue weighted by molar-refractivity contribution is 5.73. The van der Waals surface area contributed by atoms with Crippen LogP contribution in [0.3, 0.4) is 0 Å². The Morgan fingerprint density at radius 3 is 1.75 bits per heavy atom. The quantitative estimate of drug-likeness (QED) is 0.531. The van der Waals surface area contributed by atoms with Crippen molar-refractivity contribution in [3.8, 4) is 0 Å². The first-order valence-corrected chi connectivity index (χ1v) is 5.90. The van der Waals surface area contributed by atoms with Crippen molar-refractivity contribution in [1.82, 2.24) is 0 Å². The van der Waals surface area contributed by atoms with Crippen molar-refractivity contribution in [1.29, 1.82) is 0 Å². The molecular formula is C12H24N2O2. The Morgan fingerprint density at radius 2 is 1.19 bits per heavy atom. The molecule has 0 fully saturated rings. The molecule has 0 aromatic rings. The number of carbonyl (C=O) groups excluding carboxylic acids is 2. The molecular weight excluding hydrogens is 204 g/mol. The van der Waals surface area contributed by atoms with Gasteiger partial charge in [-0.25, -0.2) is 0 Å². The minimum Gasteiger partial charge on any atom is -0.370 e. The molecule has 0 aromatic heterocycles. The van der Waals surface area contributed by atoms with Gasteiger partial charge in [0.2, 0.25) is 11.8 Å². The van der Waals surface area contributed by atoms with Crippen molar-refractivity contribution < 1.29 is 12.3 Å². The van der Waals surface area contributed by atoms with Gasteiger partial charge < -0.3 is 11.5 Å². The molecule has 4 heteroatoms. The number of rotatable bonds is 11. The summed E-state index contributed by atoms with van der Waals surface area (Å²) >= 11 is 0. The maximum Gasteiger partial charge on any atom is 0.217 e. The van der Waals surface area contributed by atoms with Gasteiger partial charge in [-0.15, -0.1) is 0 Å². The summed E-state index contributed by atoms with van der Waals surface area (Å²) in [7, 11) is 0. The molecule has 94 valence electrons. The second-order valence-electron chi connectivity index (χ2n) is 3.95. The topological polar surface area (TPSA) is 86.2 Å². The molecule has 0 saturated heterocycles. The van der Waals surface area contributed by atoms with Crippen LogP contribution in [0.15, 0.2) is 0 Å². The predicted molar refractivity (Wildman–Crippen MR) is 64.6 cm³/mol. The number of nitrogens with two attached hydrogens (primary N) is 2. The molecule has 0 aliphatic carbocycles. The zero-order valence-electron chi connectivity index (χ0n) is 11.8. The summed E-state index contributed by atoms with van der Waals surface area (Å²) in [5.74, 6) is -0.719. The Bertz CT molecular complexity index is 271. The van der Waals surface area contributed by atoms with Gasteiger partial charge in [0.25, 0.3) is 0 Å². The van der Waals surface area contributed by atoms with Gasteiger partial charge in [0.05, 0.1) is 0 Å². The predicted octanol–water partition coefficient (Wildman–Crippen LogP) is 1.86. The lowest BCUT2D eigenvalue weighted by Crippen LogP contribution is -2.09. The first-order valence-electron chi connectivity index (χ1n) is 6.90. The van der Waals surface area contributed by atoms with Gasteiger partial charge in [-0.1, -0.05) is 38.5 Å². The van der Waals surface area contributed by atoms with Gasteiger partial charge in [0.1, 0.15) is 0 Å². The molecule has 2 amide bonds. The summed E-state index contributed by atoms with van der Waals surface area (Å²) in [5.41, 5.74) is 10.0. The lowest BCUT2D eigenvalue weighted by Gasteiger charge is -2.01. The highest BCUT2D eigenvalue weighted by Gasteiger charge is 1.96. The molecule has 4 N–H and O–H groups in total. The molecule has 0 bridgehead atoms. The number of hydrogen-bond acceptors (Lipinski definition) is 2. The van der Waals surface area contributed by atoms with Gasteiger partial charge in [-0.05, 0) is 12.8 Å². The van der Waals surface area contributed by atoms with Gasteiger partial charge in [-0.2, -0.15) is 0 Å². The minimum atomic E-state index is -1.30. The second kappa shape index (κ2) is 10.5. The Hall–Kier alpha value is -1.06. The lowest BCUT2D eigenvalue weighted by molar-refractivity contribution is -0.119. The lowest BCUT2D eigenvalue weighted by atomic mass is 10.1. The number of carbonyl (C=O) groups is 2. The van der Waals surface area contributed by atoms with E-state index in [0.29, 0.717) is 12.8 Å². The Morgan fingerprint density at radius 1 is 0.750 bits per heavy atom. The van der Waals surface area contributed by atoms with Crippen molar-refractivity contribution >= 4 is 11.8 Å². The van der Waals surface area contributed by atoms with E-state index in [1.807, 2.05) is 0 Å². The zero-order valence-corrected chi connectivity index (χ0v) is 9.84. The minimum absolute atomic E-state index is 0.103. The van der Waals surface area contributed by atoms with Crippen LogP contribution in [-0.2, 0) is 9.59 Å². The van der Waals surface area contributed by atoms with E-state index < -0.39 is 12.3 Å². The van der Waals surface area contributed by atoms with E-state index in [2.05, 4.69) is 0 Å². The van der Waals surface area contributed by atoms with Crippen LogP contribution < -0.4 is 11.5 Å². The van der Waals surface area contributed by atoms with Crippen LogP contribution in [0.5, 0.6) is 0 Å². The number of unbranched alkanes of at least 4 members (excludes halogenated alkanes) is 4. The first kappa shape index (κ1) is 11.4. The van der Waals surface area contributed by atoms with Gasteiger partial charge in [0, 0.05) is 15.6 Å². The monoisotopic (exact) mass is 230 g/mol. The maximum atomic E-state index is 10.6. The third-order valence-electron chi connectivity index (χ3n) is 2.32. The largest absolute Gasteiger partial charge is 0.370 e. The summed E-state index contributed by atoms with van der Waals surface area (Å²) in [6.07, 6.45) is 4.36. The first-order chi connectivity index (χ1) is 8.33. The maximum absolute atomic E-state index is 10.6. The van der Waals surface area contributed by atoms with E-state index >= 15 is 0 Å². The van der Waals surface area contributed by atoms with E-state index in [-0.39, 0.29) is 18.7 Å². The second-order valence-corrected chi connectivity index (χ2v) is 3.95. The summed E-state index contributed by atoms with van der Waals surface area (Å²) < 4.78 is 15.4. The molecule has 0 spiro atoms. The molecule has 0 radical (unpaired) electrons. The molecule has 0 aromatic carbocycles. The molecule has 0 aliphatic heterocycles. The van der Waals surface area contributed by atoms with Gasteiger partial charge >= 0.3 is 0 Å². The van der Waals surface area contributed by atoms with Crippen LogP contribution in [0.4, 0.5) is 0 Å². The molecule has 0 unspecified atom stereocenters. The summed E-state index contributed by atoms with van der Waals surface area (Å²) in [6, 6.07) is 0. The molecule has 4 nitrogen and oxygen atoms in total. The third kappa shape index (κ3) is 12.9. The number of hydrogen-bond donors (Lipinski definition) is 2. The van der Waals surface area contributed by atoms with E-state index in [0.717, 1.165) is 32.1 Å². The fraction of sp³-hybridized carbons (Fsp3) is 0.833. The third-order valence-corrected chi connectivity index (χ3v) is 2.32. The SMILES string of the molecule is [2H]C([2H])(CCCCCCCC(N)=O)CCC(N)=O. The molecule has 0 rings (SSSR count). The Kier molecular flexibility index (Phi) is 7.47. The van der Waals surface area contributed by atoms with Crippen LogP contribution in [0.25, 0.3) is 0 Å². The number of primary amides is 2. The van der Waals surface area contributed by atoms with Crippen LogP contribution in [-0.4, -0.2) is 11.8 Å². The highest BCUT2D eigenvalue weighted by atomic mass is 16.1. The van der Waals surface area contributed by atoms with E-state index in [1.54, 1.807) is 0 Å². The summed E-state index contributed by atoms with van der Waals surface area (Å²) in [6.45, 7) is 0. The van der Waals surface area contributed by atoms with Crippen LogP contribution >= 0.6 is 0 Å². The van der Waals surface area contributed by atoms with Gasteiger partial charge in [-0.3, -0.25) is 9.59 Å². The van der Waals surface area contributed by atoms with Crippen molar-refractivity contribution in [2.45, 2.75) is 64.2 Å². The van der Waals surface area contributed by atoms with E-state index in [9.17, 15) is 9.59 Å². The van der Waals surface area contributed by atoms with Crippen LogP contribution in [0.1, 0.15) is 66.9 Å². The summed E-state index contributed by atoms with van der Waals surface area (Å²) in [4.78, 5) is 21.0. The molecule has 0 aliphatic rings. The zero-order chi connectivity index (χ0) is 14.0. The molecule has 16 heavy (non-hydrogen) atoms. The fourth-order valence-corrected chi connectivity index (χ4v) is 1.42. The van der Waals surface area contributed by atoms with Crippen molar-refractivity contribution in [3.63, 3.8) is 0 Å². The van der Waals surface area contributed by atoms with Gasteiger partial charge in [0.15, 0.2) is 0 Å². The standard InChI is InChI=1S/C12H24N2O2/c13-11(15)9-7-5-3-1-2-4-6-8-10-12(14)16/h1-10H2,(H2,13,15)(H2,14,16)/i5D2. The van der Waals surface area contributed by atoms with E-state index in [1.165, 1.54) is 0 Å². The Balaban J connectivity index is 3.46. The van der Waals surface area contributed by atoms with Crippen molar-refractivity contribution in [2.75, 3.05) is 0 Å². The molecule has 0 heterocycles. The average molecular weight is 230 g/mol. The van der Waals surface area contributed by atoms with Crippen LogP contribution in [0.2, 0.25) is 0 Å². The van der Waals surface area contributed by atoms with Crippen molar-refractivity contribution in [3.05, 3.63) is 0 Å². The van der Waals surface area contributed by atoms with Crippen molar-refractivity contribution in [2.24, 2.45) is 11.5 Å². The average Bonchev–Trinajstić information content (AvgIpc) is 2.25. The summed E-state index contributed by atoms with van der Waals surface area (Å²) in [5, 5.41) is 0. The highest BCUT2D eigenvalue weighted by Crippen LogP contribution is 2.10. The normalized spacial score (nSPS) is 13.0.